The zero-order chi connectivity index (χ0) is 15.7. The average Bonchev–Trinajstić information content (AvgIpc) is 2.55. The lowest BCUT2D eigenvalue weighted by atomic mass is 9.97. The van der Waals surface area contributed by atoms with Crippen molar-refractivity contribution in [3.8, 4) is 22.3 Å². The molecule has 22 heavy (non-hydrogen) atoms. The van der Waals surface area contributed by atoms with Gasteiger partial charge in [0.1, 0.15) is 0 Å². The first-order valence-electron chi connectivity index (χ1n) is 6.58. The van der Waals surface area contributed by atoms with E-state index < -0.39 is 34.4 Å². The van der Waals surface area contributed by atoms with Gasteiger partial charge < -0.3 is 0 Å². The molecule has 110 valence electrons. The summed E-state index contributed by atoms with van der Waals surface area (Å²) in [5.41, 5.74) is -1.24. The predicted molar refractivity (Wildman–Crippen MR) is 77.1 cm³/mol. The molecule has 3 rings (SSSR count). The Balaban J connectivity index is 2.31. The van der Waals surface area contributed by atoms with E-state index in [-0.39, 0.29) is 11.1 Å². The summed E-state index contributed by atoms with van der Waals surface area (Å²) in [5, 5.41) is 0. The summed E-state index contributed by atoms with van der Waals surface area (Å²) in [4.78, 5) is 0. The van der Waals surface area contributed by atoms with E-state index in [2.05, 4.69) is 0 Å². The van der Waals surface area contributed by atoms with Crippen molar-refractivity contribution < 1.29 is 17.6 Å². The van der Waals surface area contributed by atoms with Crippen molar-refractivity contribution in [3.05, 3.63) is 83.9 Å². The minimum absolute atomic E-state index is 0.0786. The van der Waals surface area contributed by atoms with Gasteiger partial charge in [0.2, 0.25) is 0 Å². The maximum absolute atomic E-state index is 14.3. The topological polar surface area (TPSA) is 0 Å². The fourth-order valence-corrected chi connectivity index (χ4v) is 2.35. The van der Waals surface area contributed by atoms with Crippen LogP contribution in [0.15, 0.2) is 60.7 Å². The van der Waals surface area contributed by atoms with Crippen molar-refractivity contribution in [3.63, 3.8) is 0 Å². The van der Waals surface area contributed by atoms with E-state index in [1.807, 2.05) is 0 Å². The first-order valence-corrected chi connectivity index (χ1v) is 6.58. The minimum Gasteiger partial charge on any atom is -0.203 e. The standard InChI is InChI=1S/C18H10F4/c19-15-13(11-7-3-1-4-8-11)16(20)18(22)14(17(15)21)12-9-5-2-6-10-12/h1-10H. The minimum atomic E-state index is -1.40. The Hall–Kier alpha value is -2.62. The van der Waals surface area contributed by atoms with Gasteiger partial charge in [0.25, 0.3) is 0 Å². The molecule has 0 N–H and O–H groups in total. The van der Waals surface area contributed by atoms with Crippen molar-refractivity contribution in [1.82, 2.24) is 0 Å². The summed E-state index contributed by atoms with van der Waals surface area (Å²) in [5.74, 6) is -5.60. The van der Waals surface area contributed by atoms with Crippen molar-refractivity contribution in [2.45, 2.75) is 0 Å². The second-order valence-electron chi connectivity index (χ2n) is 4.74. The van der Waals surface area contributed by atoms with Crippen molar-refractivity contribution >= 4 is 0 Å². The number of rotatable bonds is 2. The normalized spacial score (nSPS) is 10.7. The first-order chi connectivity index (χ1) is 10.6. The molecule has 0 aliphatic carbocycles. The van der Waals surface area contributed by atoms with Crippen LogP contribution in [-0.2, 0) is 0 Å². The molecule has 0 unspecified atom stereocenters. The molecule has 0 aliphatic heterocycles. The van der Waals surface area contributed by atoms with Gasteiger partial charge in [0.05, 0.1) is 11.1 Å². The third-order valence-electron chi connectivity index (χ3n) is 3.39. The van der Waals surface area contributed by atoms with E-state index in [0.717, 1.165) is 0 Å². The molecule has 0 spiro atoms. The molecule has 0 radical (unpaired) electrons. The average molecular weight is 302 g/mol. The molecule has 0 saturated carbocycles. The molecule has 0 atom stereocenters. The molecular formula is C18H10F4. The Bertz CT molecular complexity index is 712. The van der Waals surface area contributed by atoms with Crippen LogP contribution in [0.25, 0.3) is 22.3 Å². The molecule has 0 heterocycles. The zero-order valence-electron chi connectivity index (χ0n) is 11.3. The van der Waals surface area contributed by atoms with Crippen molar-refractivity contribution in [2.75, 3.05) is 0 Å². The monoisotopic (exact) mass is 302 g/mol. The molecule has 0 fully saturated rings. The third-order valence-corrected chi connectivity index (χ3v) is 3.39. The van der Waals surface area contributed by atoms with Crippen LogP contribution < -0.4 is 0 Å². The van der Waals surface area contributed by atoms with E-state index in [1.165, 1.54) is 48.5 Å². The molecule has 0 nitrogen and oxygen atoms in total. The number of hydrogen-bond donors (Lipinski definition) is 0. The summed E-state index contributed by atoms with van der Waals surface area (Å²) >= 11 is 0. The highest BCUT2D eigenvalue weighted by atomic mass is 19.2. The van der Waals surface area contributed by atoms with Crippen LogP contribution in [-0.4, -0.2) is 0 Å². The van der Waals surface area contributed by atoms with Gasteiger partial charge in [-0.1, -0.05) is 60.7 Å². The summed E-state index contributed by atoms with van der Waals surface area (Å²) < 4.78 is 57.2. The van der Waals surface area contributed by atoms with E-state index in [1.54, 1.807) is 12.1 Å². The fraction of sp³-hybridized carbons (Fsp3) is 0. The number of benzene rings is 3. The van der Waals surface area contributed by atoms with Crippen LogP contribution >= 0.6 is 0 Å². The van der Waals surface area contributed by atoms with Gasteiger partial charge in [-0.15, -0.1) is 0 Å². The highest BCUT2D eigenvalue weighted by Crippen LogP contribution is 2.36. The number of halogens is 4. The van der Waals surface area contributed by atoms with Crippen LogP contribution in [0.1, 0.15) is 0 Å². The van der Waals surface area contributed by atoms with Crippen molar-refractivity contribution in [2.24, 2.45) is 0 Å². The van der Waals surface area contributed by atoms with Crippen LogP contribution in [0.4, 0.5) is 17.6 Å². The Morgan fingerprint density at radius 3 is 0.955 bits per heavy atom. The van der Waals surface area contributed by atoms with Crippen LogP contribution in [0.2, 0.25) is 0 Å². The molecule has 0 aliphatic rings. The molecule has 4 heteroatoms. The maximum Gasteiger partial charge on any atom is 0.170 e. The van der Waals surface area contributed by atoms with E-state index in [4.69, 9.17) is 0 Å². The fourth-order valence-electron chi connectivity index (χ4n) is 2.35. The third kappa shape index (κ3) is 2.26. The lowest BCUT2D eigenvalue weighted by molar-refractivity contribution is 0.463. The smallest absolute Gasteiger partial charge is 0.170 e. The van der Waals surface area contributed by atoms with Crippen LogP contribution in [0.3, 0.4) is 0 Å². The van der Waals surface area contributed by atoms with Gasteiger partial charge >= 0.3 is 0 Å². The van der Waals surface area contributed by atoms with Crippen molar-refractivity contribution in [1.29, 1.82) is 0 Å². The Labute approximate surface area is 124 Å². The molecule has 3 aromatic rings. The second-order valence-corrected chi connectivity index (χ2v) is 4.74. The molecule has 0 saturated heterocycles. The molecule has 0 bridgehead atoms. The SMILES string of the molecule is Fc1c(F)c(-c2ccccc2)c(F)c(F)c1-c1ccccc1. The summed E-state index contributed by atoms with van der Waals surface area (Å²) in [6.45, 7) is 0. The summed E-state index contributed by atoms with van der Waals surface area (Å²) in [6.07, 6.45) is 0. The first kappa shape index (κ1) is 14.3. The Morgan fingerprint density at radius 1 is 0.409 bits per heavy atom. The lowest BCUT2D eigenvalue weighted by Crippen LogP contribution is -2.03. The van der Waals surface area contributed by atoms with Gasteiger partial charge in [0.15, 0.2) is 23.3 Å². The molecule has 3 aromatic carbocycles. The maximum atomic E-state index is 14.3. The summed E-state index contributed by atoms with van der Waals surface area (Å²) in [6, 6.07) is 15.0. The highest BCUT2D eigenvalue weighted by molar-refractivity contribution is 5.73. The van der Waals surface area contributed by atoms with Gasteiger partial charge in [0, 0.05) is 0 Å². The van der Waals surface area contributed by atoms with Gasteiger partial charge in [-0.25, -0.2) is 17.6 Å². The van der Waals surface area contributed by atoms with Crippen LogP contribution in [0.5, 0.6) is 0 Å². The second kappa shape index (κ2) is 5.64. The Morgan fingerprint density at radius 2 is 0.682 bits per heavy atom. The summed E-state index contributed by atoms with van der Waals surface area (Å²) in [7, 11) is 0. The lowest BCUT2D eigenvalue weighted by Gasteiger charge is -2.12. The quantitative estimate of drug-likeness (QED) is 0.428. The highest BCUT2D eigenvalue weighted by Gasteiger charge is 2.26. The van der Waals surface area contributed by atoms with E-state index >= 15 is 0 Å². The largest absolute Gasteiger partial charge is 0.203 e. The van der Waals surface area contributed by atoms with Gasteiger partial charge in [-0.2, -0.15) is 0 Å². The van der Waals surface area contributed by atoms with Gasteiger partial charge in [-0.3, -0.25) is 0 Å². The van der Waals surface area contributed by atoms with Gasteiger partial charge in [-0.05, 0) is 11.1 Å². The van der Waals surface area contributed by atoms with E-state index in [9.17, 15) is 17.6 Å². The molecule has 0 aromatic heterocycles. The number of hydrogen-bond acceptors (Lipinski definition) is 0. The van der Waals surface area contributed by atoms with Crippen LogP contribution in [0, 0.1) is 23.3 Å². The Kier molecular flexibility index (Phi) is 3.67. The zero-order valence-corrected chi connectivity index (χ0v) is 11.3. The van der Waals surface area contributed by atoms with E-state index in [0.29, 0.717) is 0 Å². The molecule has 0 amide bonds. The molecular weight excluding hydrogens is 292 g/mol. The predicted octanol–water partition coefficient (Wildman–Crippen LogP) is 5.58.